The maximum absolute atomic E-state index is 12.2. The number of methoxy groups -OCH3 is 1. The van der Waals surface area contributed by atoms with Gasteiger partial charge in [-0.05, 0) is 37.8 Å². The lowest BCUT2D eigenvalue weighted by atomic mass is 9.80. The van der Waals surface area contributed by atoms with Gasteiger partial charge >= 0.3 is 5.97 Å². The number of aliphatic hydroxyl groups is 1. The van der Waals surface area contributed by atoms with Crippen LogP contribution in [0, 0.1) is 0 Å². The van der Waals surface area contributed by atoms with Crippen molar-refractivity contribution in [3.05, 3.63) is 35.9 Å². The first kappa shape index (κ1) is 14.5. The van der Waals surface area contributed by atoms with Gasteiger partial charge in [-0.15, -0.1) is 0 Å². The summed E-state index contributed by atoms with van der Waals surface area (Å²) in [5, 5.41) is 12.4. The molecule has 20 heavy (non-hydrogen) atoms. The Kier molecular flexibility index (Phi) is 4.39. The van der Waals surface area contributed by atoms with Gasteiger partial charge in [-0.2, -0.15) is 0 Å². The van der Waals surface area contributed by atoms with Gasteiger partial charge in [-0.1, -0.05) is 18.2 Å². The van der Waals surface area contributed by atoms with E-state index in [-0.39, 0.29) is 5.91 Å². The number of amides is 1. The predicted molar refractivity (Wildman–Crippen MR) is 73.1 cm³/mol. The van der Waals surface area contributed by atoms with Crippen molar-refractivity contribution in [3.8, 4) is 0 Å². The normalized spacial score (nSPS) is 25.8. The first-order chi connectivity index (χ1) is 9.57. The lowest BCUT2D eigenvalue weighted by Gasteiger charge is -2.36. The van der Waals surface area contributed by atoms with Crippen molar-refractivity contribution >= 4 is 11.9 Å². The Balaban J connectivity index is 2.17. The standard InChI is InChI=1S/C15H19NO4/c1-20-14(19)15(9-7-12(17)8-10-15)16-13(18)11-5-3-2-4-6-11/h2-6,12,17H,7-10H2,1H3,(H,16,18)/t12-,15+. The zero-order valence-electron chi connectivity index (χ0n) is 11.5. The zero-order valence-corrected chi connectivity index (χ0v) is 11.5. The van der Waals surface area contributed by atoms with Crippen LogP contribution in [0.3, 0.4) is 0 Å². The van der Waals surface area contributed by atoms with Crippen LogP contribution >= 0.6 is 0 Å². The number of esters is 1. The highest BCUT2D eigenvalue weighted by Crippen LogP contribution is 2.30. The molecule has 2 rings (SSSR count). The average Bonchev–Trinajstić information content (AvgIpc) is 2.49. The van der Waals surface area contributed by atoms with Crippen molar-refractivity contribution in [1.82, 2.24) is 5.32 Å². The molecule has 0 saturated heterocycles. The third kappa shape index (κ3) is 2.99. The fourth-order valence-electron chi connectivity index (χ4n) is 2.55. The van der Waals surface area contributed by atoms with Crippen LogP contribution in [0.1, 0.15) is 36.0 Å². The van der Waals surface area contributed by atoms with E-state index in [1.807, 2.05) is 6.07 Å². The van der Waals surface area contributed by atoms with Crippen LogP contribution < -0.4 is 5.32 Å². The lowest BCUT2D eigenvalue weighted by Crippen LogP contribution is -2.57. The van der Waals surface area contributed by atoms with Crippen molar-refractivity contribution in [1.29, 1.82) is 0 Å². The summed E-state index contributed by atoms with van der Waals surface area (Å²) in [5.74, 6) is -0.749. The molecule has 0 aliphatic heterocycles. The first-order valence-corrected chi connectivity index (χ1v) is 6.71. The highest BCUT2D eigenvalue weighted by atomic mass is 16.5. The summed E-state index contributed by atoms with van der Waals surface area (Å²) >= 11 is 0. The summed E-state index contributed by atoms with van der Waals surface area (Å²) in [6.07, 6.45) is 1.31. The summed E-state index contributed by atoms with van der Waals surface area (Å²) in [6.45, 7) is 0. The van der Waals surface area contributed by atoms with E-state index < -0.39 is 17.6 Å². The van der Waals surface area contributed by atoms with Crippen molar-refractivity contribution < 1.29 is 19.4 Å². The molecular weight excluding hydrogens is 258 g/mol. The van der Waals surface area contributed by atoms with Gasteiger partial charge in [0, 0.05) is 5.56 Å². The Bertz CT molecular complexity index is 478. The Morgan fingerprint density at radius 1 is 1.25 bits per heavy atom. The summed E-state index contributed by atoms with van der Waals surface area (Å²) in [7, 11) is 1.31. The van der Waals surface area contributed by atoms with Gasteiger partial charge in [0.05, 0.1) is 13.2 Å². The second-order valence-corrected chi connectivity index (χ2v) is 5.13. The fraction of sp³-hybridized carbons (Fsp3) is 0.467. The number of carbonyl (C=O) groups is 2. The lowest BCUT2D eigenvalue weighted by molar-refractivity contribution is -0.150. The molecule has 108 valence electrons. The van der Waals surface area contributed by atoms with Crippen molar-refractivity contribution in [3.63, 3.8) is 0 Å². The highest BCUT2D eigenvalue weighted by Gasteiger charge is 2.43. The Labute approximate surface area is 117 Å². The van der Waals surface area contributed by atoms with Crippen LogP contribution in [0.4, 0.5) is 0 Å². The maximum atomic E-state index is 12.2. The van der Waals surface area contributed by atoms with E-state index in [9.17, 15) is 14.7 Å². The third-order valence-corrected chi connectivity index (χ3v) is 3.77. The second-order valence-electron chi connectivity index (χ2n) is 5.13. The van der Waals surface area contributed by atoms with Crippen LogP contribution in [0.15, 0.2) is 30.3 Å². The first-order valence-electron chi connectivity index (χ1n) is 6.71. The second kappa shape index (κ2) is 6.05. The molecule has 0 radical (unpaired) electrons. The van der Waals surface area contributed by atoms with E-state index in [1.165, 1.54) is 7.11 Å². The van der Waals surface area contributed by atoms with Gasteiger partial charge in [-0.25, -0.2) is 4.79 Å². The highest BCUT2D eigenvalue weighted by molar-refractivity contribution is 5.98. The minimum absolute atomic E-state index is 0.299. The largest absolute Gasteiger partial charge is 0.467 e. The van der Waals surface area contributed by atoms with Gasteiger partial charge < -0.3 is 15.2 Å². The molecular formula is C15H19NO4. The summed E-state index contributed by atoms with van der Waals surface area (Å²) < 4.78 is 4.83. The summed E-state index contributed by atoms with van der Waals surface area (Å²) in [6, 6.07) is 8.74. The molecule has 1 aromatic rings. The number of benzene rings is 1. The van der Waals surface area contributed by atoms with Crippen molar-refractivity contribution in [2.75, 3.05) is 7.11 Å². The van der Waals surface area contributed by atoms with E-state index in [1.54, 1.807) is 24.3 Å². The molecule has 1 aliphatic rings. The summed E-state index contributed by atoms with van der Waals surface area (Å²) in [4.78, 5) is 24.3. The molecule has 0 aromatic heterocycles. The molecule has 0 heterocycles. The molecule has 1 amide bonds. The van der Waals surface area contributed by atoms with E-state index in [2.05, 4.69) is 5.32 Å². The molecule has 5 heteroatoms. The van der Waals surface area contributed by atoms with Gasteiger partial charge in [0.25, 0.3) is 5.91 Å². The summed E-state index contributed by atoms with van der Waals surface area (Å²) in [5.41, 5.74) is -0.525. The van der Waals surface area contributed by atoms with Gasteiger partial charge in [0.15, 0.2) is 0 Å². The molecule has 5 nitrogen and oxygen atoms in total. The van der Waals surface area contributed by atoms with Gasteiger partial charge in [-0.3, -0.25) is 4.79 Å². The number of hydrogen-bond acceptors (Lipinski definition) is 4. The van der Waals surface area contributed by atoms with Crippen LogP contribution in [0.2, 0.25) is 0 Å². The van der Waals surface area contributed by atoms with E-state index >= 15 is 0 Å². The monoisotopic (exact) mass is 277 g/mol. The predicted octanol–water partition coefficient (Wildman–Crippen LogP) is 1.26. The Morgan fingerprint density at radius 3 is 2.40 bits per heavy atom. The maximum Gasteiger partial charge on any atom is 0.331 e. The van der Waals surface area contributed by atoms with E-state index in [4.69, 9.17) is 4.74 Å². The minimum atomic E-state index is -1.03. The molecule has 1 aromatic carbocycles. The van der Waals surface area contributed by atoms with Crippen LogP contribution in [0.5, 0.6) is 0 Å². The molecule has 0 unspecified atom stereocenters. The SMILES string of the molecule is COC(=O)[C@]1(NC(=O)c2ccccc2)CC[C@@H](O)CC1. The smallest absolute Gasteiger partial charge is 0.331 e. The minimum Gasteiger partial charge on any atom is -0.467 e. The topological polar surface area (TPSA) is 75.6 Å². The third-order valence-electron chi connectivity index (χ3n) is 3.77. The van der Waals surface area contributed by atoms with Crippen LogP contribution in [-0.4, -0.2) is 35.7 Å². The Morgan fingerprint density at radius 2 is 1.85 bits per heavy atom. The zero-order chi connectivity index (χ0) is 14.6. The molecule has 1 saturated carbocycles. The average molecular weight is 277 g/mol. The number of carbonyl (C=O) groups excluding carboxylic acids is 2. The number of ether oxygens (including phenoxy) is 1. The Hall–Kier alpha value is -1.88. The number of rotatable bonds is 3. The van der Waals surface area contributed by atoms with Crippen molar-refractivity contribution in [2.45, 2.75) is 37.3 Å². The molecule has 1 fully saturated rings. The van der Waals surface area contributed by atoms with Gasteiger partial charge in [0.1, 0.15) is 5.54 Å². The van der Waals surface area contributed by atoms with E-state index in [0.717, 1.165) is 0 Å². The van der Waals surface area contributed by atoms with Gasteiger partial charge in [0.2, 0.25) is 0 Å². The number of hydrogen-bond donors (Lipinski definition) is 2. The fourth-order valence-corrected chi connectivity index (χ4v) is 2.55. The van der Waals surface area contributed by atoms with E-state index in [0.29, 0.717) is 31.2 Å². The van der Waals surface area contributed by atoms with Crippen molar-refractivity contribution in [2.24, 2.45) is 0 Å². The number of aliphatic hydroxyl groups excluding tert-OH is 1. The quantitative estimate of drug-likeness (QED) is 0.816. The molecule has 1 aliphatic carbocycles. The number of nitrogens with one attached hydrogen (secondary N) is 1. The molecule has 0 bridgehead atoms. The molecule has 2 N–H and O–H groups in total. The molecule has 0 atom stereocenters. The van der Waals surface area contributed by atoms with Crippen LogP contribution in [0.25, 0.3) is 0 Å². The van der Waals surface area contributed by atoms with Crippen LogP contribution in [-0.2, 0) is 9.53 Å². The molecule has 0 spiro atoms.